The molecule has 5 N–H and O–H groups in total. The van der Waals surface area contributed by atoms with Gasteiger partial charge < -0.3 is 30.6 Å². The Balaban J connectivity index is 2.47. The van der Waals surface area contributed by atoms with E-state index in [0.717, 1.165) is 18.1 Å². The minimum Gasteiger partial charge on any atom is -0.480 e. The lowest BCUT2D eigenvalue weighted by atomic mass is 10.0. The van der Waals surface area contributed by atoms with Crippen molar-refractivity contribution in [3.8, 4) is 0 Å². The van der Waals surface area contributed by atoms with Crippen LogP contribution in [0.1, 0.15) is 11.6 Å². The van der Waals surface area contributed by atoms with Gasteiger partial charge in [-0.15, -0.1) is 0 Å². The van der Waals surface area contributed by atoms with Crippen LogP contribution in [0, 0.1) is 0 Å². The van der Waals surface area contributed by atoms with Crippen molar-refractivity contribution in [2.75, 3.05) is 97.4 Å². The number of nitrogens with zero attached hydrogens (tertiary/aromatic N) is 5. The number of nitrogens with two attached hydrogens (primary N) is 1. The summed E-state index contributed by atoms with van der Waals surface area (Å²) in [6, 6.07) is 6.72. The Kier molecular flexibility index (Phi) is 14.2. The minimum atomic E-state index is -1.05. The number of hydrogen-bond acceptors (Lipinski definition) is 11. The second-order valence-corrected chi connectivity index (χ2v) is 9.78. The molecule has 1 atom stereocenters. The molecule has 222 valence electrons. The summed E-state index contributed by atoms with van der Waals surface area (Å²) in [5, 5.41) is 28.5. The van der Waals surface area contributed by atoms with Gasteiger partial charge in [-0.05, 0) is 17.7 Å². The molecule has 14 nitrogen and oxygen atoms in total. The summed E-state index contributed by atoms with van der Waals surface area (Å²) < 4.78 is 0. The van der Waals surface area contributed by atoms with E-state index in [9.17, 15) is 39.3 Å². The third kappa shape index (κ3) is 12.2. The highest BCUT2D eigenvalue weighted by molar-refractivity contribution is 5.70. The predicted molar refractivity (Wildman–Crippen MR) is 146 cm³/mol. The van der Waals surface area contributed by atoms with Gasteiger partial charge in [-0.2, -0.15) is 0 Å². The summed E-state index contributed by atoms with van der Waals surface area (Å²) in [5.41, 5.74) is 7.27. The second-order valence-electron chi connectivity index (χ2n) is 9.78. The lowest BCUT2D eigenvalue weighted by Crippen LogP contribution is -2.46. The molecule has 1 aliphatic heterocycles. The van der Waals surface area contributed by atoms with E-state index in [-0.39, 0.29) is 65.4 Å². The van der Waals surface area contributed by atoms with Gasteiger partial charge in [-0.1, -0.05) is 12.1 Å². The third-order valence-corrected chi connectivity index (χ3v) is 6.81. The van der Waals surface area contributed by atoms with E-state index in [1.165, 1.54) is 0 Å². The summed E-state index contributed by atoms with van der Waals surface area (Å²) in [7, 11) is 0. The van der Waals surface area contributed by atoms with Crippen LogP contribution < -0.4 is 5.73 Å². The molecule has 1 unspecified atom stereocenters. The van der Waals surface area contributed by atoms with Crippen LogP contribution >= 0.6 is 0 Å². The lowest BCUT2D eigenvalue weighted by Gasteiger charge is -2.36. The highest BCUT2D eigenvalue weighted by atomic mass is 16.4. The van der Waals surface area contributed by atoms with Crippen LogP contribution in [0.5, 0.6) is 0 Å². The van der Waals surface area contributed by atoms with E-state index in [1.807, 2.05) is 21.9 Å². The normalized spacial score (nSPS) is 20.2. The predicted octanol–water partition coefficient (Wildman–Crippen LogP) is -1.51. The summed E-state index contributed by atoms with van der Waals surface area (Å²) in [6.07, 6.45) is 1.54. The molecule has 14 heteroatoms. The fraction of sp³-hybridized carbons (Fsp3) is 0.577. The fourth-order valence-electron chi connectivity index (χ4n) is 4.73. The van der Waals surface area contributed by atoms with Gasteiger partial charge in [0.1, 0.15) is 12.6 Å². The summed E-state index contributed by atoms with van der Waals surface area (Å²) in [5.74, 6) is -3.13. The van der Waals surface area contributed by atoms with Crippen LogP contribution in [0.3, 0.4) is 0 Å². The number of carbonyl (C=O) groups is 5. The topological polar surface area (TPSA) is 188 Å². The van der Waals surface area contributed by atoms with Crippen LogP contribution in [0.4, 0.5) is 5.69 Å². The molecule has 1 heterocycles. The SMILES string of the molecule is Nc1ccc(C2CN(CC(=O)O)CCN(CC(=O)O)CCN(CC(=O)O)CCN(CC=O)CCN2CC=O)cc1. The van der Waals surface area contributed by atoms with Crippen LogP contribution in [0.2, 0.25) is 0 Å². The van der Waals surface area contributed by atoms with Gasteiger partial charge >= 0.3 is 17.9 Å². The van der Waals surface area contributed by atoms with E-state index in [1.54, 1.807) is 26.8 Å². The van der Waals surface area contributed by atoms with Gasteiger partial charge in [-0.3, -0.25) is 38.9 Å². The molecular weight excluding hydrogens is 524 g/mol. The van der Waals surface area contributed by atoms with Gasteiger partial charge in [0.25, 0.3) is 0 Å². The molecule has 0 amide bonds. The Labute approximate surface area is 233 Å². The van der Waals surface area contributed by atoms with Crippen molar-refractivity contribution >= 4 is 36.2 Å². The van der Waals surface area contributed by atoms with Crippen molar-refractivity contribution in [3.05, 3.63) is 29.8 Å². The molecule has 0 spiro atoms. The average Bonchev–Trinajstić information content (AvgIpc) is 2.88. The molecule has 0 saturated carbocycles. The van der Waals surface area contributed by atoms with Crippen LogP contribution in [-0.2, 0) is 24.0 Å². The second kappa shape index (κ2) is 17.3. The molecule has 40 heavy (non-hydrogen) atoms. The number of hydrogen-bond donors (Lipinski definition) is 4. The zero-order valence-electron chi connectivity index (χ0n) is 22.6. The maximum absolute atomic E-state index is 11.8. The van der Waals surface area contributed by atoms with Crippen molar-refractivity contribution in [2.45, 2.75) is 6.04 Å². The van der Waals surface area contributed by atoms with Gasteiger partial charge in [0.05, 0.1) is 32.7 Å². The molecule has 0 aromatic heterocycles. The van der Waals surface area contributed by atoms with Crippen molar-refractivity contribution in [1.82, 2.24) is 24.5 Å². The largest absolute Gasteiger partial charge is 0.480 e. The van der Waals surface area contributed by atoms with Crippen molar-refractivity contribution in [3.63, 3.8) is 0 Å². The molecule has 2 rings (SSSR count). The fourth-order valence-corrected chi connectivity index (χ4v) is 4.73. The highest BCUT2D eigenvalue weighted by Crippen LogP contribution is 2.23. The first-order valence-electron chi connectivity index (χ1n) is 13.1. The number of aliphatic carboxylic acids is 3. The molecule has 0 aliphatic carbocycles. The van der Waals surface area contributed by atoms with E-state index < -0.39 is 23.9 Å². The van der Waals surface area contributed by atoms with Gasteiger partial charge in [0.15, 0.2) is 0 Å². The quantitative estimate of drug-likeness (QED) is 0.179. The standard InChI is InChI=1S/C26H40N6O8/c27-22-3-1-21(2-4-22)23-17-31(20-26(39)40)10-9-30(19-25(37)38)8-7-29(18-24(35)36)6-5-28(13-15-33)11-12-32(23)14-16-34/h1-4,15-16,23H,5-14,17-20,27H2,(H,35,36)(H,37,38)(H,39,40). The smallest absolute Gasteiger partial charge is 0.317 e. The molecular formula is C26H40N6O8. The molecule has 1 aliphatic rings. The number of nitrogen functional groups attached to an aromatic ring is 1. The maximum Gasteiger partial charge on any atom is 0.317 e. The third-order valence-electron chi connectivity index (χ3n) is 6.81. The highest BCUT2D eigenvalue weighted by Gasteiger charge is 2.26. The van der Waals surface area contributed by atoms with Crippen LogP contribution in [0.25, 0.3) is 0 Å². The number of benzene rings is 1. The number of aldehydes is 2. The number of rotatable bonds is 11. The molecule has 1 fully saturated rings. The summed E-state index contributed by atoms with van der Waals surface area (Å²) >= 11 is 0. The number of anilines is 1. The average molecular weight is 565 g/mol. The minimum absolute atomic E-state index is 0.0567. The van der Waals surface area contributed by atoms with E-state index in [4.69, 9.17) is 5.73 Å². The molecule has 0 bridgehead atoms. The Morgan fingerprint density at radius 2 is 1.10 bits per heavy atom. The Morgan fingerprint density at radius 1 is 0.675 bits per heavy atom. The maximum atomic E-state index is 11.8. The molecule has 1 saturated heterocycles. The van der Waals surface area contributed by atoms with E-state index >= 15 is 0 Å². The number of carbonyl (C=O) groups excluding carboxylic acids is 2. The first kappa shape index (κ1) is 32.8. The number of carboxylic acids is 3. The van der Waals surface area contributed by atoms with Crippen LogP contribution in [0.15, 0.2) is 24.3 Å². The van der Waals surface area contributed by atoms with Crippen LogP contribution in [-0.4, -0.2) is 162 Å². The Hall–Kier alpha value is -3.43. The van der Waals surface area contributed by atoms with Gasteiger partial charge in [0, 0.05) is 70.6 Å². The first-order chi connectivity index (χ1) is 19.1. The number of carboxylic acid groups (broad SMARTS) is 3. The monoisotopic (exact) mass is 564 g/mol. The van der Waals surface area contributed by atoms with Gasteiger partial charge in [-0.25, -0.2) is 0 Å². The molecule has 1 aromatic rings. The molecule has 1 aromatic carbocycles. The van der Waals surface area contributed by atoms with E-state index in [0.29, 0.717) is 31.9 Å². The van der Waals surface area contributed by atoms with Crippen molar-refractivity contribution in [2.24, 2.45) is 0 Å². The summed E-state index contributed by atoms with van der Waals surface area (Å²) in [4.78, 5) is 66.7. The Morgan fingerprint density at radius 3 is 1.57 bits per heavy atom. The zero-order chi connectivity index (χ0) is 29.5. The molecule has 0 radical (unpaired) electrons. The first-order valence-corrected chi connectivity index (χ1v) is 13.1. The lowest BCUT2D eigenvalue weighted by molar-refractivity contribution is -0.140. The Bertz CT molecular complexity index is 978. The zero-order valence-corrected chi connectivity index (χ0v) is 22.6. The van der Waals surface area contributed by atoms with Crippen molar-refractivity contribution < 1.29 is 39.3 Å². The van der Waals surface area contributed by atoms with Gasteiger partial charge in [0.2, 0.25) is 0 Å². The van der Waals surface area contributed by atoms with E-state index in [2.05, 4.69) is 0 Å². The van der Waals surface area contributed by atoms with Crippen molar-refractivity contribution in [1.29, 1.82) is 0 Å². The summed E-state index contributed by atoms with van der Waals surface area (Å²) in [6.45, 7) is 2.07.